The Labute approximate surface area is 159 Å². The van der Waals surface area contributed by atoms with Gasteiger partial charge in [-0.05, 0) is 43.7 Å². The number of amides is 1. The molecule has 3 aromatic rings. The second-order valence-corrected chi connectivity index (χ2v) is 7.21. The van der Waals surface area contributed by atoms with Gasteiger partial charge in [0, 0.05) is 10.7 Å². The van der Waals surface area contributed by atoms with E-state index in [1.165, 1.54) is 6.07 Å². The van der Waals surface area contributed by atoms with Crippen molar-refractivity contribution in [3.8, 4) is 11.5 Å². The summed E-state index contributed by atoms with van der Waals surface area (Å²) in [6.07, 6.45) is 0. The first kappa shape index (κ1) is 18.4. The predicted molar refractivity (Wildman–Crippen MR) is 99.8 cm³/mol. The number of hydrogen-bond donors (Lipinski definition) is 1. The minimum Gasteiger partial charge on any atom is -0.411 e. The van der Waals surface area contributed by atoms with Crippen molar-refractivity contribution >= 4 is 35.0 Å². The summed E-state index contributed by atoms with van der Waals surface area (Å²) in [5.41, 5.74) is 1.66. The number of anilines is 1. The van der Waals surface area contributed by atoms with E-state index in [1.807, 2.05) is 6.92 Å². The van der Waals surface area contributed by atoms with Crippen molar-refractivity contribution in [1.29, 1.82) is 0 Å². The number of rotatable bonds is 5. The number of carbonyl (C=O) groups excluding carboxylic acids is 1. The zero-order valence-corrected chi connectivity index (χ0v) is 15.6. The van der Waals surface area contributed by atoms with Crippen molar-refractivity contribution in [2.45, 2.75) is 24.3 Å². The fraction of sp³-hybridized carbons (Fsp3) is 0.167. The maximum atomic E-state index is 13.8. The molecule has 1 N–H and O–H groups in total. The van der Waals surface area contributed by atoms with Gasteiger partial charge in [0.15, 0.2) is 0 Å². The molecule has 1 heterocycles. The third-order valence-electron chi connectivity index (χ3n) is 3.68. The lowest BCUT2D eigenvalue weighted by molar-refractivity contribution is -0.115. The number of carbonyl (C=O) groups is 1. The van der Waals surface area contributed by atoms with Gasteiger partial charge in [-0.15, -0.1) is 10.2 Å². The van der Waals surface area contributed by atoms with Gasteiger partial charge in [-0.2, -0.15) is 0 Å². The molecule has 0 fully saturated rings. The number of nitrogens with one attached hydrogen (secondary N) is 1. The van der Waals surface area contributed by atoms with Gasteiger partial charge in [0.2, 0.25) is 5.91 Å². The number of hydrogen-bond acceptors (Lipinski definition) is 5. The SMILES string of the molecule is Cc1c(Cl)cccc1NC(=O)[C@H](C)Sc1nnc(-c2ccccc2F)o1. The summed E-state index contributed by atoms with van der Waals surface area (Å²) in [7, 11) is 0. The van der Waals surface area contributed by atoms with Crippen molar-refractivity contribution in [2.75, 3.05) is 5.32 Å². The molecule has 26 heavy (non-hydrogen) atoms. The van der Waals surface area contributed by atoms with Crippen LogP contribution in [0.4, 0.5) is 10.1 Å². The summed E-state index contributed by atoms with van der Waals surface area (Å²) in [5, 5.41) is 10.8. The van der Waals surface area contributed by atoms with Crippen molar-refractivity contribution < 1.29 is 13.6 Å². The molecule has 3 rings (SSSR count). The Kier molecular flexibility index (Phi) is 5.58. The fourth-order valence-electron chi connectivity index (χ4n) is 2.18. The molecule has 1 aromatic heterocycles. The average molecular weight is 392 g/mol. The van der Waals surface area contributed by atoms with Gasteiger partial charge in [0.25, 0.3) is 11.1 Å². The van der Waals surface area contributed by atoms with E-state index in [9.17, 15) is 9.18 Å². The first-order valence-electron chi connectivity index (χ1n) is 7.76. The summed E-state index contributed by atoms with van der Waals surface area (Å²) in [6, 6.07) is 11.4. The van der Waals surface area contributed by atoms with Crippen LogP contribution in [0.3, 0.4) is 0 Å². The van der Waals surface area contributed by atoms with Crippen molar-refractivity contribution in [1.82, 2.24) is 10.2 Å². The fourth-order valence-corrected chi connectivity index (χ4v) is 3.04. The van der Waals surface area contributed by atoms with E-state index in [0.717, 1.165) is 17.3 Å². The Morgan fingerprint density at radius 2 is 2.00 bits per heavy atom. The van der Waals surface area contributed by atoms with Gasteiger partial charge in [-0.25, -0.2) is 4.39 Å². The monoisotopic (exact) mass is 391 g/mol. The maximum absolute atomic E-state index is 13.8. The average Bonchev–Trinajstić information content (AvgIpc) is 3.07. The van der Waals surface area contributed by atoms with Crippen molar-refractivity contribution in [2.24, 2.45) is 0 Å². The third kappa shape index (κ3) is 4.05. The molecule has 0 aliphatic heterocycles. The van der Waals surface area contributed by atoms with E-state index in [4.69, 9.17) is 16.0 Å². The molecule has 5 nitrogen and oxygen atoms in total. The van der Waals surface area contributed by atoms with Crippen LogP contribution in [0.5, 0.6) is 0 Å². The molecular formula is C18H15ClFN3O2S. The minimum atomic E-state index is -0.498. The van der Waals surface area contributed by atoms with Crippen LogP contribution in [0, 0.1) is 12.7 Å². The van der Waals surface area contributed by atoms with Crippen molar-refractivity contribution in [3.05, 3.63) is 58.9 Å². The van der Waals surface area contributed by atoms with Gasteiger partial charge in [0.1, 0.15) is 5.82 Å². The molecule has 0 aliphatic rings. The molecule has 1 amide bonds. The van der Waals surface area contributed by atoms with Crippen LogP contribution in [0.2, 0.25) is 5.02 Å². The second kappa shape index (κ2) is 7.88. The lowest BCUT2D eigenvalue weighted by Crippen LogP contribution is -2.22. The van der Waals surface area contributed by atoms with E-state index in [0.29, 0.717) is 10.7 Å². The van der Waals surface area contributed by atoms with Crippen LogP contribution in [0.1, 0.15) is 12.5 Å². The molecule has 1 atom stereocenters. The summed E-state index contributed by atoms with van der Waals surface area (Å²) >= 11 is 7.15. The van der Waals surface area contributed by atoms with E-state index in [2.05, 4.69) is 15.5 Å². The molecule has 2 aromatic carbocycles. The minimum absolute atomic E-state index is 0.0730. The smallest absolute Gasteiger partial charge is 0.277 e. The van der Waals surface area contributed by atoms with Gasteiger partial charge in [0.05, 0.1) is 10.8 Å². The molecule has 8 heteroatoms. The number of thioether (sulfide) groups is 1. The molecule has 0 unspecified atom stereocenters. The number of benzene rings is 2. The topological polar surface area (TPSA) is 68.0 Å². The summed E-state index contributed by atoms with van der Waals surface area (Å²) in [5.74, 6) is -0.607. The second-order valence-electron chi connectivity index (χ2n) is 5.51. The van der Waals surface area contributed by atoms with Crippen LogP contribution in [-0.4, -0.2) is 21.4 Å². The summed E-state index contributed by atoms with van der Waals surface area (Å²) in [6.45, 7) is 3.54. The lowest BCUT2D eigenvalue weighted by Gasteiger charge is -2.12. The van der Waals surface area contributed by atoms with Gasteiger partial charge < -0.3 is 9.73 Å². The van der Waals surface area contributed by atoms with Gasteiger partial charge >= 0.3 is 0 Å². The highest BCUT2D eigenvalue weighted by Crippen LogP contribution is 2.29. The zero-order chi connectivity index (χ0) is 18.7. The van der Waals surface area contributed by atoms with Crippen LogP contribution < -0.4 is 5.32 Å². The van der Waals surface area contributed by atoms with Crippen LogP contribution >= 0.6 is 23.4 Å². The zero-order valence-electron chi connectivity index (χ0n) is 14.0. The molecule has 0 radical (unpaired) electrons. The Morgan fingerprint density at radius 3 is 2.77 bits per heavy atom. The van der Waals surface area contributed by atoms with Gasteiger partial charge in [-0.3, -0.25) is 4.79 Å². The molecule has 0 saturated carbocycles. The normalized spacial score (nSPS) is 12.0. The molecule has 134 valence electrons. The molecule has 0 bridgehead atoms. The number of halogens is 2. The summed E-state index contributed by atoms with van der Waals surface area (Å²) in [4.78, 5) is 12.4. The Bertz CT molecular complexity index is 948. The van der Waals surface area contributed by atoms with Crippen molar-refractivity contribution in [3.63, 3.8) is 0 Å². The highest BCUT2D eigenvalue weighted by atomic mass is 35.5. The Balaban J connectivity index is 1.68. The Morgan fingerprint density at radius 1 is 1.23 bits per heavy atom. The first-order chi connectivity index (χ1) is 12.5. The quantitative estimate of drug-likeness (QED) is 0.623. The van der Waals surface area contributed by atoms with Crippen LogP contribution in [0.15, 0.2) is 52.1 Å². The standard InChI is InChI=1S/C18H15ClFN3O2S/c1-10-13(19)7-5-9-15(10)21-16(24)11(2)26-18-23-22-17(25-18)12-6-3-4-8-14(12)20/h3-9,11H,1-2H3,(H,21,24)/t11-/m0/s1. The van der Waals surface area contributed by atoms with E-state index >= 15 is 0 Å². The largest absolute Gasteiger partial charge is 0.411 e. The first-order valence-corrected chi connectivity index (χ1v) is 9.02. The highest BCUT2D eigenvalue weighted by Gasteiger charge is 2.20. The van der Waals surface area contributed by atoms with E-state index in [1.54, 1.807) is 43.3 Å². The molecule has 0 spiro atoms. The predicted octanol–water partition coefficient (Wildman–Crippen LogP) is 4.96. The van der Waals surface area contributed by atoms with Crippen LogP contribution in [-0.2, 0) is 4.79 Å². The highest BCUT2D eigenvalue weighted by molar-refractivity contribution is 8.00. The molecule has 0 saturated heterocycles. The number of nitrogens with zero attached hydrogens (tertiary/aromatic N) is 2. The third-order valence-corrected chi connectivity index (χ3v) is 5.03. The van der Waals surface area contributed by atoms with Crippen LogP contribution in [0.25, 0.3) is 11.5 Å². The molecular weight excluding hydrogens is 377 g/mol. The van der Waals surface area contributed by atoms with E-state index < -0.39 is 11.1 Å². The maximum Gasteiger partial charge on any atom is 0.277 e. The molecule has 0 aliphatic carbocycles. The summed E-state index contributed by atoms with van der Waals surface area (Å²) < 4.78 is 19.2. The van der Waals surface area contributed by atoms with E-state index in [-0.39, 0.29) is 22.6 Å². The Hall–Kier alpha value is -2.38. The number of aromatic nitrogens is 2. The lowest BCUT2D eigenvalue weighted by atomic mass is 10.2. The van der Waals surface area contributed by atoms with Gasteiger partial charge in [-0.1, -0.05) is 41.6 Å².